The number of rotatable bonds is 9. The fourth-order valence-electron chi connectivity index (χ4n) is 2.68. The highest BCUT2D eigenvalue weighted by molar-refractivity contribution is 5.30. The second-order valence-corrected chi connectivity index (χ2v) is 5.57. The maximum absolute atomic E-state index is 5.96. The van der Waals surface area contributed by atoms with Crippen molar-refractivity contribution in [3.8, 4) is 0 Å². The molecule has 2 nitrogen and oxygen atoms in total. The number of likely N-dealkylation sites (N-methyl/N-ethyl adjacent to an activating group) is 1. The van der Waals surface area contributed by atoms with E-state index in [9.17, 15) is 0 Å². The molecule has 0 aliphatic rings. The van der Waals surface area contributed by atoms with Crippen LogP contribution < -0.4 is 5.32 Å². The number of aryl methyl sites for hydroxylation is 2. The molecule has 0 aromatic heterocycles. The number of nitrogens with one attached hydrogen (secondary N) is 1. The molecule has 2 atom stereocenters. The smallest absolute Gasteiger partial charge is 0.0731 e. The molecule has 0 spiro atoms. The fraction of sp³-hybridized carbons (Fsp3) is 0.667. The highest BCUT2D eigenvalue weighted by atomic mass is 16.5. The zero-order chi connectivity index (χ0) is 15.0. The number of hydrogen-bond acceptors (Lipinski definition) is 2. The summed E-state index contributed by atoms with van der Waals surface area (Å²) >= 11 is 0. The van der Waals surface area contributed by atoms with Gasteiger partial charge >= 0.3 is 0 Å². The van der Waals surface area contributed by atoms with Crippen LogP contribution in [-0.4, -0.2) is 25.3 Å². The van der Waals surface area contributed by atoms with Crippen molar-refractivity contribution in [1.29, 1.82) is 0 Å². The summed E-state index contributed by atoms with van der Waals surface area (Å²) in [5, 5.41) is 3.61. The highest BCUT2D eigenvalue weighted by Gasteiger charge is 2.20. The Kier molecular flexibility index (Phi) is 7.86. The van der Waals surface area contributed by atoms with Gasteiger partial charge < -0.3 is 10.1 Å². The molecule has 0 radical (unpaired) electrons. The van der Waals surface area contributed by atoms with Crippen molar-refractivity contribution in [2.45, 2.75) is 66.0 Å². The fourth-order valence-corrected chi connectivity index (χ4v) is 2.68. The van der Waals surface area contributed by atoms with Crippen LogP contribution in [0.5, 0.6) is 0 Å². The van der Waals surface area contributed by atoms with E-state index in [0.717, 1.165) is 26.0 Å². The molecule has 114 valence electrons. The first-order valence-corrected chi connectivity index (χ1v) is 8.03. The van der Waals surface area contributed by atoms with E-state index >= 15 is 0 Å². The Hall–Kier alpha value is -0.860. The van der Waals surface area contributed by atoms with Gasteiger partial charge in [0.05, 0.1) is 6.10 Å². The molecule has 0 saturated carbocycles. The van der Waals surface area contributed by atoms with Crippen LogP contribution in [0.3, 0.4) is 0 Å². The van der Waals surface area contributed by atoms with E-state index in [-0.39, 0.29) is 0 Å². The zero-order valence-corrected chi connectivity index (χ0v) is 13.8. The van der Waals surface area contributed by atoms with Crippen molar-refractivity contribution in [2.75, 3.05) is 13.2 Å². The molecule has 0 saturated heterocycles. The Bertz CT molecular complexity index is 383. The number of ether oxygens (including phenoxy) is 1. The van der Waals surface area contributed by atoms with Crippen LogP contribution >= 0.6 is 0 Å². The van der Waals surface area contributed by atoms with Crippen LogP contribution in [0.1, 0.15) is 50.3 Å². The summed E-state index contributed by atoms with van der Waals surface area (Å²) in [6, 6.07) is 7.20. The van der Waals surface area contributed by atoms with Crippen LogP contribution in [0, 0.1) is 13.8 Å². The monoisotopic (exact) mass is 277 g/mol. The average Bonchev–Trinajstić information content (AvgIpc) is 2.42. The van der Waals surface area contributed by atoms with Crippen LogP contribution in [0.15, 0.2) is 18.2 Å². The van der Waals surface area contributed by atoms with E-state index in [2.05, 4.69) is 58.1 Å². The standard InChI is InChI=1S/C18H31NO/c1-6-9-18(20-8-3)17(19-7-2)13-16-11-10-14(4)15(5)12-16/h10-12,17-19H,6-9,13H2,1-5H3. The van der Waals surface area contributed by atoms with E-state index in [1.807, 2.05) is 0 Å². The molecule has 0 aliphatic heterocycles. The highest BCUT2D eigenvalue weighted by Crippen LogP contribution is 2.16. The van der Waals surface area contributed by atoms with Gasteiger partial charge in [-0.3, -0.25) is 0 Å². The molecule has 1 aromatic rings. The van der Waals surface area contributed by atoms with E-state index in [0.29, 0.717) is 12.1 Å². The molecule has 0 aliphatic carbocycles. The van der Waals surface area contributed by atoms with E-state index < -0.39 is 0 Å². The summed E-state index contributed by atoms with van der Waals surface area (Å²) in [7, 11) is 0. The lowest BCUT2D eigenvalue weighted by Crippen LogP contribution is -2.43. The SMILES string of the molecule is CCCC(OCC)C(Cc1ccc(C)c(C)c1)NCC. The lowest BCUT2D eigenvalue weighted by molar-refractivity contribution is 0.0285. The van der Waals surface area contributed by atoms with Crippen LogP contribution in [0.25, 0.3) is 0 Å². The molecule has 1 N–H and O–H groups in total. The Morgan fingerprint density at radius 1 is 1.10 bits per heavy atom. The lowest BCUT2D eigenvalue weighted by Gasteiger charge is -2.28. The normalized spacial score (nSPS) is 14.2. The lowest BCUT2D eigenvalue weighted by atomic mass is 9.96. The summed E-state index contributed by atoms with van der Waals surface area (Å²) in [4.78, 5) is 0. The predicted molar refractivity (Wildman–Crippen MR) is 87.4 cm³/mol. The van der Waals surface area contributed by atoms with Crippen LogP contribution in [0.4, 0.5) is 0 Å². The van der Waals surface area contributed by atoms with Crippen LogP contribution in [-0.2, 0) is 11.2 Å². The maximum atomic E-state index is 5.96. The molecule has 0 heterocycles. The van der Waals surface area contributed by atoms with E-state index in [1.165, 1.54) is 23.1 Å². The summed E-state index contributed by atoms with van der Waals surface area (Å²) in [6.07, 6.45) is 3.64. The minimum absolute atomic E-state index is 0.312. The molecule has 1 aromatic carbocycles. The molecule has 2 heteroatoms. The Labute approximate surface area is 124 Å². The predicted octanol–water partition coefficient (Wildman–Crippen LogP) is 4.03. The van der Waals surface area contributed by atoms with E-state index in [4.69, 9.17) is 4.74 Å². The third-order valence-corrected chi connectivity index (χ3v) is 3.90. The molecule has 0 amide bonds. The Balaban J connectivity index is 2.80. The minimum Gasteiger partial charge on any atom is -0.377 e. The Morgan fingerprint density at radius 2 is 1.85 bits per heavy atom. The van der Waals surface area contributed by atoms with Crippen molar-refractivity contribution < 1.29 is 4.74 Å². The molecule has 1 rings (SSSR count). The number of benzene rings is 1. The summed E-state index contributed by atoms with van der Waals surface area (Å²) in [5.74, 6) is 0. The Morgan fingerprint density at radius 3 is 2.40 bits per heavy atom. The van der Waals surface area contributed by atoms with Crippen molar-refractivity contribution in [2.24, 2.45) is 0 Å². The zero-order valence-electron chi connectivity index (χ0n) is 13.8. The van der Waals surface area contributed by atoms with Gasteiger partial charge in [-0.05, 0) is 56.8 Å². The van der Waals surface area contributed by atoms with Gasteiger partial charge in [0.15, 0.2) is 0 Å². The van der Waals surface area contributed by atoms with Gasteiger partial charge in [0.2, 0.25) is 0 Å². The van der Waals surface area contributed by atoms with Gasteiger partial charge in [0, 0.05) is 12.6 Å². The molecule has 0 fully saturated rings. The van der Waals surface area contributed by atoms with Gasteiger partial charge in [-0.15, -0.1) is 0 Å². The first-order chi connectivity index (χ1) is 9.62. The second kappa shape index (κ2) is 9.15. The number of hydrogen-bond donors (Lipinski definition) is 1. The van der Waals surface area contributed by atoms with Gasteiger partial charge in [0.1, 0.15) is 0 Å². The van der Waals surface area contributed by atoms with Gasteiger partial charge in [-0.1, -0.05) is 38.5 Å². The van der Waals surface area contributed by atoms with Gasteiger partial charge in [0.25, 0.3) is 0 Å². The van der Waals surface area contributed by atoms with Gasteiger partial charge in [-0.25, -0.2) is 0 Å². The molecular weight excluding hydrogens is 246 g/mol. The summed E-state index contributed by atoms with van der Waals surface area (Å²) < 4.78 is 5.96. The minimum atomic E-state index is 0.312. The molecule has 2 unspecified atom stereocenters. The molecule has 0 bridgehead atoms. The first kappa shape index (κ1) is 17.2. The van der Waals surface area contributed by atoms with Crippen molar-refractivity contribution in [1.82, 2.24) is 5.32 Å². The largest absolute Gasteiger partial charge is 0.377 e. The summed E-state index contributed by atoms with van der Waals surface area (Å²) in [5.41, 5.74) is 4.14. The van der Waals surface area contributed by atoms with Crippen molar-refractivity contribution in [3.05, 3.63) is 34.9 Å². The van der Waals surface area contributed by atoms with Crippen molar-refractivity contribution in [3.63, 3.8) is 0 Å². The quantitative estimate of drug-likeness (QED) is 0.736. The third-order valence-electron chi connectivity index (χ3n) is 3.90. The average molecular weight is 277 g/mol. The maximum Gasteiger partial charge on any atom is 0.0731 e. The van der Waals surface area contributed by atoms with Crippen molar-refractivity contribution >= 4 is 0 Å². The first-order valence-electron chi connectivity index (χ1n) is 8.03. The molecule has 20 heavy (non-hydrogen) atoms. The second-order valence-electron chi connectivity index (χ2n) is 5.57. The topological polar surface area (TPSA) is 21.3 Å². The van der Waals surface area contributed by atoms with Gasteiger partial charge in [-0.2, -0.15) is 0 Å². The van der Waals surface area contributed by atoms with E-state index in [1.54, 1.807) is 0 Å². The molecular formula is C18H31NO. The summed E-state index contributed by atoms with van der Waals surface area (Å²) in [6.45, 7) is 12.6. The van der Waals surface area contributed by atoms with Crippen LogP contribution in [0.2, 0.25) is 0 Å². The third kappa shape index (κ3) is 5.26.